The van der Waals surface area contributed by atoms with Crippen molar-refractivity contribution in [3.8, 4) is 11.4 Å². The summed E-state index contributed by atoms with van der Waals surface area (Å²) in [6.45, 7) is 3.92. The summed E-state index contributed by atoms with van der Waals surface area (Å²) in [5, 5.41) is 13.8. The zero-order chi connectivity index (χ0) is 20.6. The number of nitrogens with zero attached hydrogens (tertiary/aromatic N) is 4. The number of anilines is 1. The molecule has 1 unspecified atom stereocenters. The fraction of sp³-hybridized carbons (Fsp3) is 0.591. The first-order valence-electron chi connectivity index (χ1n) is 10.9. The number of ether oxygens (including phenoxy) is 1. The summed E-state index contributed by atoms with van der Waals surface area (Å²) in [6, 6.07) is 10.3. The Morgan fingerprint density at radius 3 is 2.57 bits per heavy atom. The zero-order valence-corrected chi connectivity index (χ0v) is 17.1. The lowest BCUT2D eigenvalue weighted by atomic mass is 9.76. The molecule has 2 aromatic rings. The van der Waals surface area contributed by atoms with Gasteiger partial charge in [-0.1, -0.05) is 35.5 Å². The van der Waals surface area contributed by atoms with Gasteiger partial charge in [0.05, 0.1) is 11.5 Å². The van der Waals surface area contributed by atoms with Gasteiger partial charge < -0.3 is 19.3 Å². The Morgan fingerprint density at radius 2 is 1.83 bits per heavy atom. The Bertz CT molecular complexity index is 870. The lowest BCUT2D eigenvalue weighted by Gasteiger charge is -2.35. The van der Waals surface area contributed by atoms with Crippen molar-refractivity contribution >= 4 is 12.0 Å². The number of carbonyl (C=O) groups excluding carboxylic acids is 1. The molecule has 0 aliphatic carbocycles. The second-order valence-electron chi connectivity index (χ2n) is 8.80. The van der Waals surface area contributed by atoms with E-state index in [9.17, 15) is 9.90 Å². The van der Waals surface area contributed by atoms with E-state index in [0.29, 0.717) is 24.9 Å². The first kappa shape index (κ1) is 19.5. The number of hydrogen-bond donors (Lipinski definition) is 1. The first-order chi connectivity index (χ1) is 14.6. The first-order valence-corrected chi connectivity index (χ1v) is 10.9. The quantitative estimate of drug-likeness (QED) is 0.764. The van der Waals surface area contributed by atoms with Crippen LogP contribution < -0.4 is 4.90 Å². The van der Waals surface area contributed by atoms with Crippen LogP contribution in [-0.2, 0) is 9.53 Å². The molecule has 1 spiro atoms. The number of benzene rings is 1. The zero-order valence-electron chi connectivity index (χ0n) is 17.1. The Kier molecular flexibility index (Phi) is 5.20. The van der Waals surface area contributed by atoms with Gasteiger partial charge in [-0.15, -0.1) is 0 Å². The number of esters is 1. The van der Waals surface area contributed by atoms with Crippen molar-refractivity contribution in [3.05, 3.63) is 30.3 Å². The van der Waals surface area contributed by atoms with Crippen molar-refractivity contribution in [2.75, 3.05) is 37.6 Å². The fourth-order valence-electron chi connectivity index (χ4n) is 4.91. The predicted octanol–water partition coefficient (Wildman–Crippen LogP) is 2.10. The van der Waals surface area contributed by atoms with Gasteiger partial charge in [0.2, 0.25) is 5.82 Å². The third-order valence-electron chi connectivity index (χ3n) is 6.78. The van der Waals surface area contributed by atoms with Gasteiger partial charge in [-0.05, 0) is 25.7 Å². The molecule has 3 fully saturated rings. The molecule has 5 rings (SSSR count). The van der Waals surface area contributed by atoms with Crippen LogP contribution in [0.25, 0.3) is 11.4 Å². The standard InChI is InChI=1S/C22H28N4O4/c27-17-6-10-25(11-7-17)15-18-14-22(20(28)29-18)8-12-26(13-9-22)21-23-19(24-30-21)16-4-2-1-3-5-16/h1-5,17-18,27H,6-15H2. The van der Waals surface area contributed by atoms with Gasteiger partial charge in [-0.25, -0.2) is 0 Å². The molecule has 4 heterocycles. The fourth-order valence-corrected chi connectivity index (χ4v) is 4.91. The highest BCUT2D eigenvalue weighted by Crippen LogP contribution is 2.44. The minimum atomic E-state index is -0.390. The molecule has 160 valence electrons. The van der Waals surface area contributed by atoms with E-state index in [1.807, 2.05) is 30.3 Å². The van der Waals surface area contributed by atoms with Crippen LogP contribution in [0, 0.1) is 5.41 Å². The number of carbonyl (C=O) groups is 1. The third-order valence-corrected chi connectivity index (χ3v) is 6.78. The molecule has 3 aliphatic heterocycles. The number of rotatable bonds is 4. The maximum Gasteiger partial charge on any atom is 0.324 e. The van der Waals surface area contributed by atoms with Gasteiger partial charge in [-0.3, -0.25) is 9.69 Å². The lowest BCUT2D eigenvalue weighted by molar-refractivity contribution is -0.150. The van der Waals surface area contributed by atoms with Crippen molar-refractivity contribution in [1.29, 1.82) is 0 Å². The Morgan fingerprint density at radius 1 is 1.10 bits per heavy atom. The molecule has 1 aromatic carbocycles. The predicted molar refractivity (Wildman–Crippen MR) is 110 cm³/mol. The SMILES string of the molecule is O=C1OC(CN2CCC(O)CC2)CC12CCN(c1nc(-c3ccccc3)no1)CC2. The molecule has 8 nitrogen and oxygen atoms in total. The summed E-state index contributed by atoms with van der Waals surface area (Å²) < 4.78 is 11.3. The van der Waals surface area contributed by atoms with Crippen LogP contribution in [0.2, 0.25) is 0 Å². The second-order valence-corrected chi connectivity index (χ2v) is 8.80. The smallest absolute Gasteiger partial charge is 0.324 e. The van der Waals surface area contributed by atoms with Gasteiger partial charge >= 0.3 is 12.0 Å². The molecule has 0 radical (unpaired) electrons. The van der Waals surface area contributed by atoms with E-state index in [0.717, 1.165) is 57.3 Å². The van der Waals surface area contributed by atoms with Gasteiger partial charge in [0.25, 0.3) is 0 Å². The maximum absolute atomic E-state index is 12.7. The summed E-state index contributed by atoms with van der Waals surface area (Å²) in [6.07, 6.45) is 3.63. The molecule has 3 saturated heterocycles. The molecular formula is C22H28N4O4. The monoisotopic (exact) mass is 412 g/mol. The molecule has 0 saturated carbocycles. The number of hydrogen-bond acceptors (Lipinski definition) is 8. The summed E-state index contributed by atoms with van der Waals surface area (Å²) >= 11 is 0. The molecule has 3 aliphatic rings. The van der Waals surface area contributed by atoms with Crippen LogP contribution in [0.5, 0.6) is 0 Å². The molecule has 1 atom stereocenters. The van der Waals surface area contributed by atoms with E-state index in [1.54, 1.807) is 0 Å². The normalized spacial score (nSPS) is 25.0. The molecule has 8 heteroatoms. The summed E-state index contributed by atoms with van der Waals surface area (Å²) in [7, 11) is 0. The summed E-state index contributed by atoms with van der Waals surface area (Å²) in [5.74, 6) is 0.526. The van der Waals surface area contributed by atoms with Crippen molar-refractivity contribution in [2.45, 2.75) is 44.3 Å². The third kappa shape index (κ3) is 3.81. The van der Waals surface area contributed by atoms with Crippen molar-refractivity contribution in [3.63, 3.8) is 0 Å². The van der Waals surface area contributed by atoms with Gasteiger partial charge in [-0.2, -0.15) is 4.98 Å². The number of aromatic nitrogens is 2. The van der Waals surface area contributed by atoms with Crippen LogP contribution in [0.3, 0.4) is 0 Å². The summed E-state index contributed by atoms with van der Waals surface area (Å²) in [4.78, 5) is 21.7. The van der Waals surface area contributed by atoms with Crippen LogP contribution >= 0.6 is 0 Å². The van der Waals surface area contributed by atoms with Crippen LogP contribution in [0.1, 0.15) is 32.1 Å². The molecular weight excluding hydrogens is 384 g/mol. The number of piperidine rings is 2. The van der Waals surface area contributed by atoms with Crippen LogP contribution in [-0.4, -0.2) is 71.0 Å². The van der Waals surface area contributed by atoms with Crippen molar-refractivity contribution in [2.24, 2.45) is 5.41 Å². The highest BCUT2D eigenvalue weighted by molar-refractivity contribution is 5.79. The molecule has 0 bridgehead atoms. The number of aliphatic hydroxyl groups excluding tert-OH is 1. The molecule has 1 N–H and O–H groups in total. The number of cyclic esters (lactones) is 1. The average molecular weight is 412 g/mol. The van der Waals surface area contributed by atoms with Gasteiger partial charge in [0.1, 0.15) is 6.10 Å². The average Bonchev–Trinajstić information content (AvgIpc) is 3.37. The minimum absolute atomic E-state index is 0.0487. The van der Waals surface area contributed by atoms with E-state index in [1.165, 1.54) is 0 Å². The maximum atomic E-state index is 12.7. The Labute approximate surface area is 175 Å². The van der Waals surface area contributed by atoms with Gasteiger partial charge in [0.15, 0.2) is 0 Å². The number of likely N-dealkylation sites (tertiary alicyclic amines) is 1. The largest absolute Gasteiger partial charge is 0.461 e. The second kappa shape index (κ2) is 8.00. The Hall–Kier alpha value is -2.45. The van der Waals surface area contributed by atoms with Crippen molar-refractivity contribution < 1.29 is 19.2 Å². The Balaban J connectivity index is 1.18. The van der Waals surface area contributed by atoms with Crippen LogP contribution in [0.4, 0.5) is 6.01 Å². The highest BCUT2D eigenvalue weighted by atomic mass is 16.6. The van der Waals surface area contributed by atoms with Crippen LogP contribution in [0.15, 0.2) is 34.9 Å². The van der Waals surface area contributed by atoms with E-state index in [2.05, 4.69) is 19.9 Å². The highest BCUT2D eigenvalue weighted by Gasteiger charge is 2.51. The summed E-state index contributed by atoms with van der Waals surface area (Å²) in [5.41, 5.74) is 0.534. The molecule has 30 heavy (non-hydrogen) atoms. The molecule has 1 aromatic heterocycles. The lowest BCUT2D eigenvalue weighted by Crippen LogP contribution is -2.43. The topological polar surface area (TPSA) is 91.9 Å². The van der Waals surface area contributed by atoms with Gasteiger partial charge in [0, 0.05) is 44.7 Å². The van der Waals surface area contributed by atoms with E-state index in [-0.39, 0.29) is 18.2 Å². The van der Waals surface area contributed by atoms with E-state index in [4.69, 9.17) is 9.26 Å². The van der Waals surface area contributed by atoms with E-state index < -0.39 is 5.41 Å². The van der Waals surface area contributed by atoms with Crippen molar-refractivity contribution in [1.82, 2.24) is 15.0 Å². The van der Waals surface area contributed by atoms with E-state index >= 15 is 0 Å². The number of aliphatic hydroxyl groups is 1. The molecule has 0 amide bonds. The minimum Gasteiger partial charge on any atom is -0.461 e.